The van der Waals surface area contributed by atoms with Crippen LogP contribution in [0.4, 0.5) is 0 Å². The smallest absolute Gasteiger partial charge is 0.0193 e. The SMILES string of the molecule is CCCC(C)NCC(C)N1CCSC(CC)C1. The van der Waals surface area contributed by atoms with Crippen LogP contribution in [0.3, 0.4) is 0 Å². The first-order valence-electron chi connectivity index (χ1n) is 7.26. The molecule has 102 valence electrons. The Balaban J connectivity index is 2.24. The Hall–Kier alpha value is 0.270. The van der Waals surface area contributed by atoms with Crippen molar-refractivity contribution in [2.75, 3.05) is 25.4 Å². The zero-order valence-corrected chi connectivity index (χ0v) is 12.9. The molecule has 0 aromatic rings. The minimum atomic E-state index is 0.670. The summed E-state index contributed by atoms with van der Waals surface area (Å²) in [6.07, 6.45) is 3.88. The summed E-state index contributed by atoms with van der Waals surface area (Å²) in [4.78, 5) is 2.66. The second-order valence-electron chi connectivity index (χ2n) is 5.34. The van der Waals surface area contributed by atoms with Gasteiger partial charge in [0, 0.05) is 42.7 Å². The second-order valence-corrected chi connectivity index (χ2v) is 6.75. The molecule has 1 fully saturated rings. The van der Waals surface area contributed by atoms with Crippen LogP contribution in [0.15, 0.2) is 0 Å². The van der Waals surface area contributed by atoms with Crippen LogP contribution in [-0.2, 0) is 0 Å². The van der Waals surface area contributed by atoms with Crippen molar-refractivity contribution in [3.8, 4) is 0 Å². The van der Waals surface area contributed by atoms with E-state index < -0.39 is 0 Å². The van der Waals surface area contributed by atoms with Crippen molar-refractivity contribution in [3.05, 3.63) is 0 Å². The quantitative estimate of drug-likeness (QED) is 0.756. The van der Waals surface area contributed by atoms with E-state index in [-0.39, 0.29) is 0 Å². The van der Waals surface area contributed by atoms with Crippen molar-refractivity contribution in [1.29, 1.82) is 0 Å². The van der Waals surface area contributed by atoms with Crippen LogP contribution < -0.4 is 5.32 Å². The summed E-state index contributed by atoms with van der Waals surface area (Å²) < 4.78 is 0. The number of thioether (sulfide) groups is 1. The Bertz CT molecular complexity index is 199. The molecule has 0 bridgehead atoms. The standard InChI is InChI=1S/C14H30N2S/c1-5-7-12(3)15-10-13(4)16-8-9-17-14(6-2)11-16/h12-15H,5-11H2,1-4H3. The average molecular weight is 258 g/mol. The normalized spacial score (nSPS) is 25.8. The number of nitrogens with one attached hydrogen (secondary N) is 1. The lowest BCUT2D eigenvalue weighted by atomic mass is 10.1. The van der Waals surface area contributed by atoms with Crippen LogP contribution in [0, 0.1) is 0 Å². The number of nitrogens with zero attached hydrogens (tertiary/aromatic N) is 1. The monoisotopic (exact) mass is 258 g/mol. The van der Waals surface area contributed by atoms with Gasteiger partial charge in [-0.15, -0.1) is 0 Å². The highest BCUT2D eigenvalue weighted by atomic mass is 32.2. The number of hydrogen-bond donors (Lipinski definition) is 1. The van der Waals surface area contributed by atoms with E-state index in [4.69, 9.17) is 0 Å². The first-order valence-corrected chi connectivity index (χ1v) is 8.31. The summed E-state index contributed by atoms with van der Waals surface area (Å²) in [6, 6.07) is 1.35. The average Bonchev–Trinajstić information content (AvgIpc) is 2.36. The number of hydrogen-bond acceptors (Lipinski definition) is 3. The minimum absolute atomic E-state index is 0.670. The summed E-state index contributed by atoms with van der Waals surface area (Å²) in [6.45, 7) is 12.9. The summed E-state index contributed by atoms with van der Waals surface area (Å²) in [5, 5.41) is 4.53. The van der Waals surface area contributed by atoms with Gasteiger partial charge in [-0.1, -0.05) is 20.3 Å². The molecular weight excluding hydrogens is 228 g/mol. The zero-order valence-electron chi connectivity index (χ0n) is 12.0. The summed E-state index contributed by atoms with van der Waals surface area (Å²) in [5.74, 6) is 1.31. The number of rotatable bonds is 7. The molecule has 0 aliphatic carbocycles. The molecule has 17 heavy (non-hydrogen) atoms. The van der Waals surface area contributed by atoms with E-state index >= 15 is 0 Å². The Morgan fingerprint density at radius 3 is 2.76 bits per heavy atom. The first kappa shape index (κ1) is 15.3. The predicted molar refractivity (Wildman–Crippen MR) is 79.9 cm³/mol. The summed E-state index contributed by atoms with van der Waals surface area (Å²) >= 11 is 2.15. The highest BCUT2D eigenvalue weighted by Gasteiger charge is 2.22. The van der Waals surface area contributed by atoms with Crippen molar-refractivity contribution in [2.24, 2.45) is 0 Å². The van der Waals surface area contributed by atoms with Gasteiger partial charge in [0.1, 0.15) is 0 Å². The molecule has 0 saturated carbocycles. The highest BCUT2D eigenvalue weighted by molar-refractivity contribution is 8.00. The molecule has 1 N–H and O–H groups in total. The summed E-state index contributed by atoms with van der Waals surface area (Å²) in [5.41, 5.74) is 0. The van der Waals surface area contributed by atoms with Gasteiger partial charge >= 0.3 is 0 Å². The Morgan fingerprint density at radius 1 is 1.35 bits per heavy atom. The topological polar surface area (TPSA) is 15.3 Å². The molecule has 0 aromatic carbocycles. The third kappa shape index (κ3) is 5.62. The lowest BCUT2D eigenvalue weighted by Crippen LogP contribution is -2.48. The van der Waals surface area contributed by atoms with Gasteiger partial charge in [-0.05, 0) is 26.7 Å². The maximum Gasteiger partial charge on any atom is 0.0193 e. The van der Waals surface area contributed by atoms with E-state index in [1.54, 1.807) is 0 Å². The molecule has 3 heteroatoms. The molecular formula is C14H30N2S. The molecule has 3 atom stereocenters. The van der Waals surface area contributed by atoms with Crippen LogP contribution in [0.1, 0.15) is 47.0 Å². The third-order valence-corrected chi connectivity index (χ3v) is 5.10. The van der Waals surface area contributed by atoms with E-state index in [1.165, 1.54) is 38.1 Å². The van der Waals surface area contributed by atoms with E-state index in [1.807, 2.05) is 0 Å². The third-order valence-electron chi connectivity index (χ3n) is 3.73. The fraction of sp³-hybridized carbons (Fsp3) is 1.00. The van der Waals surface area contributed by atoms with Crippen molar-refractivity contribution in [2.45, 2.75) is 64.3 Å². The molecule has 1 rings (SSSR count). The van der Waals surface area contributed by atoms with Gasteiger partial charge in [0.25, 0.3) is 0 Å². The van der Waals surface area contributed by atoms with Crippen molar-refractivity contribution in [1.82, 2.24) is 10.2 Å². The van der Waals surface area contributed by atoms with E-state index in [2.05, 4.69) is 49.7 Å². The van der Waals surface area contributed by atoms with Gasteiger partial charge in [-0.25, -0.2) is 0 Å². The van der Waals surface area contributed by atoms with Crippen LogP contribution in [0.25, 0.3) is 0 Å². The van der Waals surface area contributed by atoms with Crippen molar-refractivity contribution in [3.63, 3.8) is 0 Å². The summed E-state index contributed by atoms with van der Waals surface area (Å²) in [7, 11) is 0. The molecule has 0 radical (unpaired) electrons. The van der Waals surface area contributed by atoms with Crippen LogP contribution in [0.2, 0.25) is 0 Å². The van der Waals surface area contributed by atoms with Crippen molar-refractivity contribution >= 4 is 11.8 Å². The molecule has 0 amide bonds. The van der Waals surface area contributed by atoms with Gasteiger partial charge < -0.3 is 5.32 Å². The van der Waals surface area contributed by atoms with E-state index in [0.717, 1.165) is 11.8 Å². The largest absolute Gasteiger partial charge is 0.313 e. The molecule has 1 saturated heterocycles. The molecule has 1 aliphatic heterocycles. The Morgan fingerprint density at radius 2 is 2.12 bits per heavy atom. The fourth-order valence-electron chi connectivity index (χ4n) is 2.43. The van der Waals surface area contributed by atoms with Crippen LogP contribution >= 0.6 is 11.8 Å². The van der Waals surface area contributed by atoms with E-state index in [0.29, 0.717) is 12.1 Å². The minimum Gasteiger partial charge on any atom is -0.313 e. The molecule has 3 unspecified atom stereocenters. The van der Waals surface area contributed by atoms with Gasteiger partial charge in [-0.2, -0.15) is 11.8 Å². The molecule has 0 aromatic heterocycles. The van der Waals surface area contributed by atoms with Gasteiger partial charge in [0.15, 0.2) is 0 Å². The molecule has 2 nitrogen and oxygen atoms in total. The van der Waals surface area contributed by atoms with Crippen molar-refractivity contribution < 1.29 is 0 Å². The molecule has 0 spiro atoms. The lowest BCUT2D eigenvalue weighted by Gasteiger charge is -2.36. The second kappa shape index (κ2) is 8.39. The zero-order chi connectivity index (χ0) is 12.7. The van der Waals surface area contributed by atoms with Gasteiger partial charge in [0.05, 0.1) is 0 Å². The van der Waals surface area contributed by atoms with E-state index in [9.17, 15) is 0 Å². The Kier molecular flexibility index (Phi) is 7.56. The molecule has 1 heterocycles. The first-order chi connectivity index (χ1) is 8.17. The lowest BCUT2D eigenvalue weighted by molar-refractivity contribution is 0.206. The van der Waals surface area contributed by atoms with Gasteiger partial charge in [-0.3, -0.25) is 4.90 Å². The highest BCUT2D eigenvalue weighted by Crippen LogP contribution is 2.22. The fourth-order valence-corrected chi connectivity index (χ4v) is 3.63. The maximum atomic E-state index is 3.66. The van der Waals surface area contributed by atoms with Crippen LogP contribution in [0.5, 0.6) is 0 Å². The predicted octanol–water partition coefficient (Wildman–Crippen LogP) is 2.98. The Labute approximate surface area is 112 Å². The van der Waals surface area contributed by atoms with Crippen LogP contribution in [-0.4, -0.2) is 47.6 Å². The maximum absolute atomic E-state index is 3.66. The molecule has 1 aliphatic rings. The van der Waals surface area contributed by atoms with Gasteiger partial charge in [0.2, 0.25) is 0 Å².